The minimum absolute atomic E-state index is 0.0402. The van der Waals surface area contributed by atoms with Crippen molar-refractivity contribution in [3.63, 3.8) is 0 Å². The molecule has 1 aromatic rings. The van der Waals surface area contributed by atoms with E-state index in [0.29, 0.717) is 17.7 Å². The molecule has 5 heteroatoms. The van der Waals surface area contributed by atoms with Crippen LogP contribution in [-0.2, 0) is 7.05 Å². The van der Waals surface area contributed by atoms with E-state index in [-0.39, 0.29) is 11.4 Å². The molecule has 0 aliphatic carbocycles. The molecule has 23 heavy (non-hydrogen) atoms. The Kier molecular flexibility index (Phi) is 5.50. The van der Waals surface area contributed by atoms with Gasteiger partial charge in [0.05, 0.1) is 5.69 Å². The summed E-state index contributed by atoms with van der Waals surface area (Å²) in [4.78, 5) is 15.1. The van der Waals surface area contributed by atoms with Gasteiger partial charge >= 0.3 is 0 Å². The number of carbonyl (C=O) groups is 1. The molecular weight excluding hydrogens is 288 g/mol. The molecule has 1 saturated heterocycles. The molecule has 1 aliphatic heterocycles. The lowest BCUT2D eigenvalue weighted by Crippen LogP contribution is -2.54. The summed E-state index contributed by atoms with van der Waals surface area (Å²) in [5.74, 6) is 0.284. The van der Waals surface area contributed by atoms with Crippen LogP contribution in [0.5, 0.6) is 0 Å². The van der Waals surface area contributed by atoms with E-state index in [1.54, 1.807) is 4.68 Å². The summed E-state index contributed by atoms with van der Waals surface area (Å²) in [7, 11) is 1.83. The highest BCUT2D eigenvalue weighted by molar-refractivity contribution is 5.93. The highest BCUT2D eigenvalue weighted by atomic mass is 16.2. The maximum Gasteiger partial charge on any atom is 0.270 e. The van der Waals surface area contributed by atoms with Gasteiger partial charge in [0.1, 0.15) is 5.69 Å². The molecule has 0 bridgehead atoms. The van der Waals surface area contributed by atoms with E-state index >= 15 is 0 Å². The summed E-state index contributed by atoms with van der Waals surface area (Å²) in [5.41, 5.74) is 1.33. The summed E-state index contributed by atoms with van der Waals surface area (Å²) < 4.78 is 1.68. The van der Waals surface area contributed by atoms with Crippen LogP contribution in [0.3, 0.4) is 0 Å². The zero-order valence-electron chi connectivity index (χ0n) is 15.5. The predicted octanol–water partition coefficient (Wildman–Crippen LogP) is 2.93. The molecule has 0 aromatic carbocycles. The second-order valence-electron chi connectivity index (χ2n) is 7.89. The molecule has 1 amide bonds. The standard InChI is InChI=1S/C18H32N4O/c1-13(2)15-11-16(21(6)20-15)17(23)19-18(4,5)12-22-10-8-7-9-14(22)3/h11,13-14H,7-10,12H2,1-6H3,(H,19,23)/t14-/m1/s1. The van der Waals surface area contributed by atoms with Crippen LogP contribution in [0.15, 0.2) is 6.07 Å². The molecule has 130 valence electrons. The van der Waals surface area contributed by atoms with Crippen molar-refractivity contribution in [1.82, 2.24) is 20.0 Å². The lowest BCUT2D eigenvalue weighted by molar-refractivity contribution is 0.0826. The third kappa shape index (κ3) is 4.56. The van der Waals surface area contributed by atoms with Gasteiger partial charge in [-0.1, -0.05) is 20.3 Å². The molecular formula is C18H32N4O. The lowest BCUT2D eigenvalue weighted by Gasteiger charge is -2.39. The number of aryl methyl sites for hydroxylation is 1. The molecule has 0 saturated carbocycles. The molecule has 0 unspecified atom stereocenters. The van der Waals surface area contributed by atoms with Crippen molar-refractivity contribution in [1.29, 1.82) is 0 Å². The Morgan fingerprint density at radius 1 is 1.43 bits per heavy atom. The van der Waals surface area contributed by atoms with Gasteiger partial charge in [-0.25, -0.2) is 0 Å². The Hall–Kier alpha value is -1.36. The van der Waals surface area contributed by atoms with Crippen molar-refractivity contribution in [2.24, 2.45) is 7.05 Å². The van der Waals surface area contributed by atoms with Gasteiger partial charge < -0.3 is 5.32 Å². The number of hydrogen-bond acceptors (Lipinski definition) is 3. The fraction of sp³-hybridized carbons (Fsp3) is 0.778. The minimum atomic E-state index is -0.259. The highest BCUT2D eigenvalue weighted by Crippen LogP contribution is 2.20. The van der Waals surface area contributed by atoms with Crippen molar-refractivity contribution < 1.29 is 4.79 Å². The van der Waals surface area contributed by atoms with Crippen LogP contribution < -0.4 is 5.32 Å². The fourth-order valence-electron chi connectivity index (χ4n) is 3.30. The largest absolute Gasteiger partial charge is 0.345 e. The van der Waals surface area contributed by atoms with E-state index in [1.165, 1.54) is 19.3 Å². The van der Waals surface area contributed by atoms with Crippen LogP contribution in [0, 0.1) is 0 Å². The van der Waals surface area contributed by atoms with Gasteiger partial charge in [-0.05, 0) is 52.1 Å². The normalized spacial score (nSPS) is 20.0. The topological polar surface area (TPSA) is 50.2 Å². The van der Waals surface area contributed by atoms with Crippen molar-refractivity contribution in [3.8, 4) is 0 Å². The summed E-state index contributed by atoms with van der Waals surface area (Å²) in [6, 6.07) is 2.50. The second kappa shape index (κ2) is 7.04. The molecule has 2 rings (SSSR count). The molecule has 1 N–H and O–H groups in total. The average Bonchev–Trinajstić information content (AvgIpc) is 2.83. The molecule has 5 nitrogen and oxygen atoms in total. The molecule has 0 radical (unpaired) electrons. The highest BCUT2D eigenvalue weighted by Gasteiger charge is 2.29. The number of piperidine rings is 1. The number of rotatable bonds is 5. The minimum Gasteiger partial charge on any atom is -0.345 e. The zero-order chi connectivity index (χ0) is 17.2. The van der Waals surface area contributed by atoms with Crippen LogP contribution in [0.4, 0.5) is 0 Å². The van der Waals surface area contributed by atoms with Crippen molar-refractivity contribution >= 4 is 5.91 Å². The number of nitrogens with one attached hydrogen (secondary N) is 1. The number of amides is 1. The Morgan fingerprint density at radius 3 is 2.70 bits per heavy atom. The van der Waals surface area contributed by atoms with Crippen molar-refractivity contribution in [2.45, 2.75) is 71.4 Å². The Labute approximate surface area is 140 Å². The van der Waals surface area contributed by atoms with Crippen LogP contribution >= 0.6 is 0 Å². The number of hydrogen-bond donors (Lipinski definition) is 1. The maximum atomic E-state index is 12.6. The molecule has 1 atom stereocenters. The van der Waals surface area contributed by atoms with Crippen LogP contribution in [0.1, 0.15) is 76.0 Å². The summed E-state index contributed by atoms with van der Waals surface area (Å²) in [6.45, 7) is 12.7. The first-order valence-corrected chi connectivity index (χ1v) is 8.80. The van der Waals surface area contributed by atoms with E-state index in [9.17, 15) is 4.79 Å². The average molecular weight is 320 g/mol. The summed E-state index contributed by atoms with van der Waals surface area (Å²) in [6.07, 6.45) is 3.83. The third-order valence-electron chi connectivity index (χ3n) is 4.71. The van der Waals surface area contributed by atoms with Crippen molar-refractivity contribution in [3.05, 3.63) is 17.5 Å². The monoisotopic (exact) mass is 320 g/mol. The lowest BCUT2D eigenvalue weighted by atomic mass is 9.98. The summed E-state index contributed by atoms with van der Waals surface area (Å²) >= 11 is 0. The third-order valence-corrected chi connectivity index (χ3v) is 4.71. The van der Waals surface area contributed by atoms with E-state index in [4.69, 9.17) is 0 Å². The maximum absolute atomic E-state index is 12.6. The predicted molar refractivity (Wildman–Crippen MR) is 93.7 cm³/mol. The van der Waals surface area contributed by atoms with Crippen LogP contribution in [0.2, 0.25) is 0 Å². The Balaban J connectivity index is 2.03. The second-order valence-corrected chi connectivity index (χ2v) is 7.89. The van der Waals surface area contributed by atoms with Gasteiger partial charge in [-0.3, -0.25) is 14.4 Å². The SMILES string of the molecule is CC(C)c1cc(C(=O)NC(C)(C)CN2CCCC[C@H]2C)n(C)n1. The Morgan fingerprint density at radius 2 is 2.13 bits per heavy atom. The molecule has 1 aromatic heterocycles. The molecule has 1 fully saturated rings. The van der Waals surface area contributed by atoms with Gasteiger partial charge in [-0.15, -0.1) is 0 Å². The number of carbonyl (C=O) groups excluding carboxylic acids is 1. The fourth-order valence-corrected chi connectivity index (χ4v) is 3.30. The first-order chi connectivity index (χ1) is 10.7. The molecule has 0 spiro atoms. The number of nitrogens with zero attached hydrogens (tertiary/aromatic N) is 3. The van der Waals surface area contributed by atoms with Gasteiger partial charge in [0.25, 0.3) is 5.91 Å². The zero-order valence-corrected chi connectivity index (χ0v) is 15.5. The first-order valence-electron chi connectivity index (χ1n) is 8.80. The van der Waals surface area contributed by atoms with E-state index in [1.807, 2.05) is 13.1 Å². The quantitative estimate of drug-likeness (QED) is 0.907. The number of aromatic nitrogens is 2. The first kappa shape index (κ1) is 18.0. The molecule has 2 heterocycles. The van der Waals surface area contributed by atoms with Gasteiger partial charge in [0.15, 0.2) is 0 Å². The van der Waals surface area contributed by atoms with E-state index in [0.717, 1.165) is 18.8 Å². The number of likely N-dealkylation sites (tertiary alicyclic amines) is 1. The molecule has 1 aliphatic rings. The van der Waals surface area contributed by atoms with Gasteiger partial charge in [0, 0.05) is 25.2 Å². The van der Waals surface area contributed by atoms with E-state index in [2.05, 4.69) is 49.9 Å². The van der Waals surface area contributed by atoms with E-state index < -0.39 is 0 Å². The van der Waals surface area contributed by atoms with Crippen LogP contribution in [-0.4, -0.2) is 45.3 Å². The summed E-state index contributed by atoms with van der Waals surface area (Å²) in [5, 5.41) is 7.63. The Bertz CT molecular complexity index is 547. The van der Waals surface area contributed by atoms with Gasteiger partial charge in [0.2, 0.25) is 0 Å². The van der Waals surface area contributed by atoms with Gasteiger partial charge in [-0.2, -0.15) is 5.10 Å². The van der Waals surface area contributed by atoms with Crippen LogP contribution in [0.25, 0.3) is 0 Å². The smallest absolute Gasteiger partial charge is 0.270 e. The van der Waals surface area contributed by atoms with Crippen molar-refractivity contribution in [2.75, 3.05) is 13.1 Å².